The highest BCUT2D eigenvalue weighted by molar-refractivity contribution is 5.94. The molecule has 4 heteroatoms. The molecule has 19 heavy (non-hydrogen) atoms. The summed E-state index contributed by atoms with van der Waals surface area (Å²) < 4.78 is 5.51. The van der Waals surface area contributed by atoms with Crippen molar-refractivity contribution in [3.8, 4) is 0 Å². The molecule has 0 spiro atoms. The molecule has 0 radical (unpaired) electrons. The molecule has 2 N–H and O–H groups in total. The lowest BCUT2D eigenvalue weighted by Crippen LogP contribution is -2.41. The maximum Gasteiger partial charge on any atom is 0.241 e. The van der Waals surface area contributed by atoms with Crippen LogP contribution < -0.4 is 10.6 Å². The fourth-order valence-corrected chi connectivity index (χ4v) is 2.24. The fraction of sp³-hybridized carbons (Fsp3) is 0.533. The summed E-state index contributed by atoms with van der Waals surface area (Å²) in [6.07, 6.45) is 1.36. The predicted molar refractivity (Wildman–Crippen MR) is 76.1 cm³/mol. The van der Waals surface area contributed by atoms with Gasteiger partial charge in [-0.1, -0.05) is 18.2 Å². The van der Waals surface area contributed by atoms with E-state index in [0.29, 0.717) is 5.92 Å². The predicted octanol–water partition coefficient (Wildman–Crippen LogP) is 2.03. The normalized spacial score (nSPS) is 24.1. The minimum atomic E-state index is -0.201. The number of ether oxygens (including phenoxy) is 1. The Morgan fingerprint density at radius 3 is 2.79 bits per heavy atom. The van der Waals surface area contributed by atoms with Crippen LogP contribution in [0.3, 0.4) is 0 Å². The number of hydrogen-bond donors (Lipinski definition) is 2. The third kappa shape index (κ3) is 4.04. The molecule has 104 valence electrons. The number of nitrogens with one attached hydrogen (secondary N) is 2. The van der Waals surface area contributed by atoms with E-state index < -0.39 is 0 Å². The van der Waals surface area contributed by atoms with E-state index in [0.717, 1.165) is 25.3 Å². The first-order valence-corrected chi connectivity index (χ1v) is 6.87. The molecule has 1 saturated heterocycles. The van der Waals surface area contributed by atoms with Crippen LogP contribution in [0.5, 0.6) is 0 Å². The minimum absolute atomic E-state index is 0.00207. The maximum atomic E-state index is 12.0. The molecular weight excluding hydrogens is 240 g/mol. The molecule has 1 aromatic rings. The van der Waals surface area contributed by atoms with Gasteiger partial charge in [0.05, 0.1) is 12.1 Å². The van der Waals surface area contributed by atoms with Crippen LogP contribution in [-0.2, 0) is 9.53 Å². The number of rotatable bonds is 5. The standard InChI is InChI=1S/C15H22N2O2/c1-11(16-10-13-8-9-19-12(13)2)15(18)17-14-6-4-3-5-7-14/h3-7,11-13,16H,8-10H2,1-2H3,(H,17,18). The van der Waals surface area contributed by atoms with Gasteiger partial charge in [-0.05, 0) is 38.3 Å². The molecule has 1 aromatic carbocycles. The molecule has 1 aliphatic heterocycles. The highest BCUT2D eigenvalue weighted by Gasteiger charge is 2.25. The zero-order valence-electron chi connectivity index (χ0n) is 11.6. The van der Waals surface area contributed by atoms with Crippen molar-refractivity contribution in [2.75, 3.05) is 18.5 Å². The SMILES string of the molecule is CC(NCC1CCOC1C)C(=O)Nc1ccccc1. The summed E-state index contributed by atoms with van der Waals surface area (Å²) >= 11 is 0. The second-order valence-electron chi connectivity index (χ2n) is 5.11. The lowest BCUT2D eigenvalue weighted by atomic mass is 10.0. The molecule has 0 bridgehead atoms. The largest absolute Gasteiger partial charge is 0.378 e. The van der Waals surface area contributed by atoms with Gasteiger partial charge in [-0.15, -0.1) is 0 Å². The summed E-state index contributed by atoms with van der Waals surface area (Å²) in [6, 6.07) is 9.32. The van der Waals surface area contributed by atoms with Crippen LogP contribution in [0.2, 0.25) is 0 Å². The Hall–Kier alpha value is -1.39. The van der Waals surface area contributed by atoms with E-state index in [2.05, 4.69) is 17.6 Å². The molecule has 0 saturated carbocycles. The number of hydrogen-bond acceptors (Lipinski definition) is 3. The van der Waals surface area contributed by atoms with E-state index in [1.54, 1.807) is 0 Å². The molecule has 3 unspecified atom stereocenters. The van der Waals surface area contributed by atoms with Crippen LogP contribution in [0.4, 0.5) is 5.69 Å². The Morgan fingerprint density at radius 1 is 1.42 bits per heavy atom. The van der Waals surface area contributed by atoms with E-state index in [4.69, 9.17) is 4.74 Å². The Balaban J connectivity index is 1.76. The lowest BCUT2D eigenvalue weighted by molar-refractivity contribution is -0.117. The van der Waals surface area contributed by atoms with Gasteiger partial charge in [0.2, 0.25) is 5.91 Å². The fourth-order valence-electron chi connectivity index (χ4n) is 2.24. The molecular formula is C15H22N2O2. The summed E-state index contributed by atoms with van der Waals surface area (Å²) in [5.41, 5.74) is 0.832. The van der Waals surface area contributed by atoms with Crippen molar-refractivity contribution >= 4 is 11.6 Å². The summed E-state index contributed by atoms with van der Waals surface area (Å²) in [5, 5.41) is 6.18. The van der Waals surface area contributed by atoms with Gasteiger partial charge in [-0.2, -0.15) is 0 Å². The van der Waals surface area contributed by atoms with Gasteiger partial charge < -0.3 is 15.4 Å². The summed E-state index contributed by atoms with van der Waals surface area (Å²) in [4.78, 5) is 12.0. The molecule has 3 atom stereocenters. The van der Waals surface area contributed by atoms with Crippen LogP contribution in [0.1, 0.15) is 20.3 Å². The Bertz CT molecular complexity index is 408. The third-order valence-electron chi connectivity index (χ3n) is 3.65. The average Bonchev–Trinajstić information content (AvgIpc) is 2.82. The number of carbonyl (C=O) groups excluding carboxylic acids is 1. The van der Waals surface area contributed by atoms with Crippen molar-refractivity contribution in [2.45, 2.75) is 32.4 Å². The highest BCUT2D eigenvalue weighted by Crippen LogP contribution is 2.19. The Kier molecular flexibility index (Phi) is 4.93. The van der Waals surface area contributed by atoms with Gasteiger partial charge in [-0.25, -0.2) is 0 Å². The van der Waals surface area contributed by atoms with Gasteiger partial charge in [0.1, 0.15) is 0 Å². The van der Waals surface area contributed by atoms with Gasteiger partial charge in [0, 0.05) is 18.8 Å². The lowest BCUT2D eigenvalue weighted by Gasteiger charge is -2.19. The van der Waals surface area contributed by atoms with Crippen LogP contribution in [0.25, 0.3) is 0 Å². The third-order valence-corrected chi connectivity index (χ3v) is 3.65. The van der Waals surface area contributed by atoms with Crippen LogP contribution in [-0.4, -0.2) is 31.2 Å². The molecule has 0 aliphatic carbocycles. The average molecular weight is 262 g/mol. The molecule has 1 amide bonds. The molecule has 1 aliphatic rings. The minimum Gasteiger partial charge on any atom is -0.378 e. The summed E-state index contributed by atoms with van der Waals surface area (Å²) in [5.74, 6) is 0.504. The van der Waals surface area contributed by atoms with Gasteiger partial charge >= 0.3 is 0 Å². The van der Waals surface area contributed by atoms with Crippen LogP contribution in [0.15, 0.2) is 30.3 Å². The zero-order chi connectivity index (χ0) is 13.7. The Morgan fingerprint density at radius 2 is 2.16 bits per heavy atom. The first-order valence-electron chi connectivity index (χ1n) is 6.87. The van der Waals surface area contributed by atoms with Gasteiger partial charge in [0.15, 0.2) is 0 Å². The number of para-hydroxylation sites is 1. The first-order chi connectivity index (χ1) is 9.16. The second kappa shape index (κ2) is 6.68. The topological polar surface area (TPSA) is 50.4 Å². The second-order valence-corrected chi connectivity index (χ2v) is 5.11. The maximum absolute atomic E-state index is 12.0. The quantitative estimate of drug-likeness (QED) is 0.853. The smallest absolute Gasteiger partial charge is 0.241 e. The van der Waals surface area contributed by atoms with Crippen molar-refractivity contribution in [2.24, 2.45) is 5.92 Å². The van der Waals surface area contributed by atoms with Crippen molar-refractivity contribution in [3.63, 3.8) is 0 Å². The van der Waals surface area contributed by atoms with E-state index >= 15 is 0 Å². The molecule has 4 nitrogen and oxygen atoms in total. The first kappa shape index (κ1) is 14.0. The molecule has 1 heterocycles. The van der Waals surface area contributed by atoms with Crippen molar-refractivity contribution in [3.05, 3.63) is 30.3 Å². The van der Waals surface area contributed by atoms with E-state index in [9.17, 15) is 4.79 Å². The van der Waals surface area contributed by atoms with Crippen LogP contribution >= 0.6 is 0 Å². The van der Waals surface area contributed by atoms with Crippen molar-refractivity contribution in [1.29, 1.82) is 0 Å². The van der Waals surface area contributed by atoms with Gasteiger partial charge in [0.25, 0.3) is 0 Å². The van der Waals surface area contributed by atoms with E-state index in [1.165, 1.54) is 0 Å². The van der Waals surface area contributed by atoms with Gasteiger partial charge in [-0.3, -0.25) is 4.79 Å². The number of anilines is 1. The number of benzene rings is 1. The molecule has 2 rings (SSSR count). The zero-order valence-corrected chi connectivity index (χ0v) is 11.6. The van der Waals surface area contributed by atoms with E-state index in [1.807, 2.05) is 37.3 Å². The number of amides is 1. The van der Waals surface area contributed by atoms with Crippen molar-refractivity contribution in [1.82, 2.24) is 5.32 Å². The van der Waals surface area contributed by atoms with Crippen molar-refractivity contribution < 1.29 is 9.53 Å². The van der Waals surface area contributed by atoms with E-state index in [-0.39, 0.29) is 18.1 Å². The monoisotopic (exact) mass is 262 g/mol. The summed E-state index contributed by atoms with van der Waals surface area (Å²) in [7, 11) is 0. The Labute approximate surface area is 114 Å². The molecule has 1 fully saturated rings. The molecule has 0 aromatic heterocycles. The van der Waals surface area contributed by atoms with Crippen LogP contribution in [0, 0.1) is 5.92 Å². The highest BCUT2D eigenvalue weighted by atomic mass is 16.5. The number of carbonyl (C=O) groups is 1. The summed E-state index contributed by atoms with van der Waals surface area (Å²) in [6.45, 7) is 5.63.